The van der Waals surface area contributed by atoms with E-state index >= 15 is 0 Å². The highest BCUT2D eigenvalue weighted by Crippen LogP contribution is 2.34. The molecule has 3 nitrogen and oxygen atoms in total. The van der Waals surface area contributed by atoms with Crippen LogP contribution < -0.4 is 5.48 Å². The molecule has 0 amide bonds. The minimum Gasteiger partial charge on any atom is -0.272 e. The monoisotopic (exact) mass is 409 g/mol. The van der Waals surface area contributed by atoms with E-state index in [1.807, 2.05) is 30.3 Å². The molecule has 0 aliphatic heterocycles. The first-order chi connectivity index (χ1) is 13.2. The molecular weight excluding hydrogens is 378 g/mol. The second-order valence-corrected chi connectivity index (χ2v) is 9.33. The maximum absolute atomic E-state index is 12.7. The van der Waals surface area contributed by atoms with E-state index in [1.54, 1.807) is 6.08 Å². The Morgan fingerprint density at radius 3 is 2.67 bits per heavy atom. The number of hydrogen-bond donors (Lipinski definition) is 1. The number of hydrogen-bond acceptors (Lipinski definition) is 3. The van der Waals surface area contributed by atoms with Gasteiger partial charge in [-0.3, -0.25) is 14.5 Å². The van der Waals surface area contributed by atoms with Crippen LogP contribution in [0.2, 0.25) is 0 Å². The van der Waals surface area contributed by atoms with Gasteiger partial charge in [-0.15, -0.1) is 0 Å². The second kappa shape index (κ2) is 12.4. The van der Waals surface area contributed by atoms with Crippen LogP contribution in [-0.4, -0.2) is 16.1 Å². The van der Waals surface area contributed by atoms with Gasteiger partial charge < -0.3 is 0 Å². The van der Waals surface area contributed by atoms with Crippen LogP contribution in [0.3, 0.4) is 0 Å². The maximum Gasteiger partial charge on any atom is 0.0938 e. The molecule has 1 aliphatic rings. The lowest BCUT2D eigenvalue weighted by Gasteiger charge is -2.28. The lowest BCUT2D eigenvalue weighted by atomic mass is 9.82. The molecule has 1 aromatic rings. The summed E-state index contributed by atoms with van der Waals surface area (Å²) in [5, 5.41) is 0.196. The molecule has 1 saturated carbocycles. The van der Waals surface area contributed by atoms with Gasteiger partial charge in [0.2, 0.25) is 0 Å². The van der Waals surface area contributed by atoms with E-state index in [1.165, 1.54) is 29.6 Å². The Hall–Kier alpha value is -1.10. The number of rotatable bonds is 10. The van der Waals surface area contributed by atoms with Crippen LogP contribution in [0.25, 0.3) is 0 Å². The molecule has 1 fully saturated rings. The molecule has 1 N–H and O–H groups in total. The van der Waals surface area contributed by atoms with Gasteiger partial charge in [0.15, 0.2) is 0 Å². The van der Waals surface area contributed by atoms with E-state index in [9.17, 15) is 4.21 Å². The Bertz CT molecular complexity index is 635. The van der Waals surface area contributed by atoms with Crippen LogP contribution in [-0.2, 0) is 15.6 Å². The van der Waals surface area contributed by atoms with Crippen molar-refractivity contribution in [3.63, 3.8) is 0 Å². The summed E-state index contributed by atoms with van der Waals surface area (Å²) in [6, 6.07) is 9.83. The van der Waals surface area contributed by atoms with Gasteiger partial charge in [-0.25, -0.2) is 0 Å². The molecule has 0 heterocycles. The Labute approximate surface area is 171 Å². The lowest BCUT2D eigenvalue weighted by molar-refractivity contribution is 0.0817. The fourth-order valence-corrected chi connectivity index (χ4v) is 5.08. The molecule has 1 aromatic carbocycles. The molecule has 2 atom stereocenters. The first kappa shape index (κ1) is 22.2. The highest BCUT2D eigenvalue weighted by molar-refractivity contribution is 7.85. The molecule has 0 radical (unpaired) electrons. The molecule has 150 valence electrons. The summed E-state index contributed by atoms with van der Waals surface area (Å²) >= 11 is 5.52. The predicted molar refractivity (Wildman–Crippen MR) is 115 cm³/mol. The van der Waals surface area contributed by atoms with Crippen molar-refractivity contribution in [3.05, 3.63) is 53.2 Å². The number of benzene rings is 1. The van der Waals surface area contributed by atoms with E-state index in [2.05, 4.69) is 19.3 Å². The summed E-state index contributed by atoms with van der Waals surface area (Å²) in [6.45, 7) is 4.78. The molecule has 0 bridgehead atoms. The van der Waals surface area contributed by atoms with Gasteiger partial charge in [0, 0.05) is 21.4 Å². The smallest absolute Gasteiger partial charge is 0.0938 e. The van der Waals surface area contributed by atoms with Crippen LogP contribution in [0.15, 0.2) is 58.1 Å². The van der Waals surface area contributed by atoms with E-state index in [0.717, 1.165) is 37.0 Å². The molecule has 0 saturated heterocycles. The van der Waals surface area contributed by atoms with Crippen molar-refractivity contribution >= 4 is 22.4 Å². The van der Waals surface area contributed by atoms with Crippen LogP contribution in [0.1, 0.15) is 58.8 Å². The Kier molecular flexibility index (Phi) is 10.2. The number of nitrogens with one attached hydrogen (secondary N) is 1. The highest BCUT2D eigenvalue weighted by atomic mass is 35.5. The summed E-state index contributed by atoms with van der Waals surface area (Å²) in [6.07, 6.45) is 9.45. The van der Waals surface area contributed by atoms with Gasteiger partial charge in [-0.2, -0.15) is 0 Å². The first-order valence-electron chi connectivity index (χ1n) is 9.95. The van der Waals surface area contributed by atoms with Crippen molar-refractivity contribution in [1.29, 1.82) is 0 Å². The van der Waals surface area contributed by atoms with Gasteiger partial charge in [0.1, 0.15) is 0 Å². The van der Waals surface area contributed by atoms with Gasteiger partial charge >= 0.3 is 0 Å². The third-order valence-electron chi connectivity index (χ3n) is 5.11. The minimum absolute atomic E-state index is 0.196. The zero-order chi connectivity index (χ0) is 19.5. The number of allylic oxidation sites excluding steroid dienone is 2. The van der Waals surface area contributed by atoms with Gasteiger partial charge in [-0.1, -0.05) is 50.1 Å². The van der Waals surface area contributed by atoms with Crippen LogP contribution in [0, 0.1) is 5.92 Å². The van der Waals surface area contributed by atoms with Crippen molar-refractivity contribution < 1.29 is 9.05 Å². The molecule has 0 aromatic heterocycles. The molecule has 1 aliphatic carbocycles. The summed E-state index contributed by atoms with van der Waals surface area (Å²) < 4.78 is 12.7. The lowest BCUT2D eigenvalue weighted by Crippen LogP contribution is -2.21. The zero-order valence-corrected chi connectivity index (χ0v) is 18.0. The van der Waals surface area contributed by atoms with Crippen molar-refractivity contribution in [2.45, 2.75) is 68.9 Å². The quantitative estimate of drug-likeness (QED) is 0.375. The highest BCUT2D eigenvalue weighted by Gasteiger charge is 2.23. The average molecular weight is 410 g/mol. The fourth-order valence-electron chi connectivity index (χ4n) is 3.67. The van der Waals surface area contributed by atoms with Crippen LogP contribution in [0.4, 0.5) is 0 Å². The molecule has 27 heavy (non-hydrogen) atoms. The maximum atomic E-state index is 12.7. The van der Waals surface area contributed by atoms with E-state index in [-0.39, 0.29) is 5.25 Å². The SMILES string of the molecule is CCCC(NOCC=CCl)=C1CCC(CC(C)S(=O)c2ccccc2)CC1. The van der Waals surface area contributed by atoms with Crippen molar-refractivity contribution in [1.82, 2.24) is 5.48 Å². The molecule has 2 unspecified atom stereocenters. The van der Waals surface area contributed by atoms with E-state index in [4.69, 9.17) is 16.4 Å². The molecule has 2 rings (SSSR count). The minimum atomic E-state index is -0.918. The molecule has 0 spiro atoms. The van der Waals surface area contributed by atoms with E-state index in [0.29, 0.717) is 12.5 Å². The summed E-state index contributed by atoms with van der Waals surface area (Å²) in [7, 11) is -0.918. The largest absolute Gasteiger partial charge is 0.272 e. The van der Waals surface area contributed by atoms with Gasteiger partial charge in [-0.05, 0) is 68.2 Å². The number of hydroxylamine groups is 1. The van der Waals surface area contributed by atoms with Crippen LogP contribution >= 0.6 is 11.6 Å². The van der Waals surface area contributed by atoms with Crippen molar-refractivity contribution in [2.75, 3.05) is 6.61 Å². The molecule has 5 heteroatoms. The van der Waals surface area contributed by atoms with Gasteiger partial charge in [0.25, 0.3) is 0 Å². The Morgan fingerprint density at radius 2 is 2.04 bits per heavy atom. The van der Waals surface area contributed by atoms with E-state index < -0.39 is 10.8 Å². The average Bonchev–Trinajstić information content (AvgIpc) is 2.71. The first-order valence-corrected chi connectivity index (χ1v) is 11.6. The van der Waals surface area contributed by atoms with Crippen molar-refractivity contribution in [3.8, 4) is 0 Å². The second-order valence-electron chi connectivity index (χ2n) is 7.21. The summed E-state index contributed by atoms with van der Waals surface area (Å²) in [4.78, 5) is 6.44. The third-order valence-corrected chi connectivity index (χ3v) is 6.94. The normalized spacial score (nSPS) is 19.8. The Morgan fingerprint density at radius 1 is 1.33 bits per heavy atom. The standard InChI is InChI=1S/C22H32ClNO2S/c1-3-8-22(24-26-16-7-15-23)20-13-11-19(12-14-20)17-18(2)27(25)21-9-5-4-6-10-21/h4-7,9-10,15,18-19,24H,3,8,11-14,16-17H2,1-2H3. The summed E-state index contributed by atoms with van der Waals surface area (Å²) in [5.74, 6) is 0.652. The number of halogens is 1. The topological polar surface area (TPSA) is 38.3 Å². The summed E-state index contributed by atoms with van der Waals surface area (Å²) in [5.41, 5.74) is 7.34. The molecular formula is C22H32ClNO2S. The van der Waals surface area contributed by atoms with Crippen molar-refractivity contribution in [2.24, 2.45) is 5.92 Å². The van der Waals surface area contributed by atoms with Crippen LogP contribution in [0.5, 0.6) is 0 Å². The Balaban J connectivity index is 1.86. The third kappa shape index (κ3) is 7.44. The predicted octanol–water partition coefficient (Wildman–Crippen LogP) is 6.09. The fraction of sp³-hybridized carbons (Fsp3) is 0.545. The van der Waals surface area contributed by atoms with Gasteiger partial charge in [0.05, 0.1) is 17.4 Å². The zero-order valence-electron chi connectivity index (χ0n) is 16.5.